The summed E-state index contributed by atoms with van der Waals surface area (Å²) in [7, 11) is -2.08. The summed E-state index contributed by atoms with van der Waals surface area (Å²) >= 11 is 0. The molecule has 0 fully saturated rings. The van der Waals surface area contributed by atoms with E-state index in [1.54, 1.807) is 25.2 Å². The standard InChI is InChI=1S/C14H14N4O2S/c1-16-10-11-5-2-3-6-12(11)18-21(19,20)14-7-4-8-17-13(14)9-15/h2-8,16,18H,10H2,1H3. The second kappa shape index (κ2) is 6.35. The Labute approximate surface area is 123 Å². The Morgan fingerprint density at radius 2 is 2.00 bits per heavy atom. The van der Waals surface area contributed by atoms with Crippen molar-refractivity contribution < 1.29 is 8.42 Å². The average Bonchev–Trinajstić information content (AvgIpc) is 2.49. The summed E-state index contributed by atoms with van der Waals surface area (Å²) in [6, 6.07) is 11.7. The van der Waals surface area contributed by atoms with Crippen molar-refractivity contribution in [1.82, 2.24) is 10.3 Å². The van der Waals surface area contributed by atoms with Crippen LogP contribution in [0.5, 0.6) is 0 Å². The monoisotopic (exact) mass is 302 g/mol. The Hall–Kier alpha value is -2.43. The van der Waals surface area contributed by atoms with Crippen LogP contribution in [0.3, 0.4) is 0 Å². The molecule has 2 N–H and O–H groups in total. The fourth-order valence-corrected chi connectivity index (χ4v) is 3.06. The van der Waals surface area contributed by atoms with Gasteiger partial charge in [0, 0.05) is 12.7 Å². The summed E-state index contributed by atoms with van der Waals surface area (Å²) in [4.78, 5) is 3.64. The van der Waals surface area contributed by atoms with Crippen molar-refractivity contribution in [3.63, 3.8) is 0 Å². The Bertz CT molecular complexity index is 782. The molecule has 6 nitrogen and oxygen atoms in total. The van der Waals surface area contributed by atoms with Gasteiger partial charge >= 0.3 is 0 Å². The highest BCUT2D eigenvalue weighted by molar-refractivity contribution is 7.92. The number of sulfonamides is 1. The van der Waals surface area contributed by atoms with Crippen molar-refractivity contribution in [3.05, 3.63) is 53.9 Å². The molecule has 0 saturated carbocycles. The topological polar surface area (TPSA) is 94.9 Å². The van der Waals surface area contributed by atoms with Crippen molar-refractivity contribution in [2.75, 3.05) is 11.8 Å². The van der Waals surface area contributed by atoms with Crippen LogP contribution in [0.2, 0.25) is 0 Å². The second-order valence-corrected chi connectivity index (χ2v) is 5.91. The molecule has 0 unspecified atom stereocenters. The molecule has 0 aliphatic carbocycles. The molecule has 0 amide bonds. The molecule has 0 saturated heterocycles. The van der Waals surface area contributed by atoms with Crippen LogP contribution in [0.1, 0.15) is 11.3 Å². The van der Waals surface area contributed by atoms with Crippen LogP contribution in [0.4, 0.5) is 5.69 Å². The van der Waals surface area contributed by atoms with Crippen LogP contribution in [-0.2, 0) is 16.6 Å². The zero-order valence-corrected chi connectivity index (χ0v) is 12.2. The third kappa shape index (κ3) is 3.37. The molecule has 0 spiro atoms. The van der Waals surface area contributed by atoms with Crippen LogP contribution in [0, 0.1) is 11.3 Å². The normalized spacial score (nSPS) is 10.9. The van der Waals surface area contributed by atoms with Crippen LogP contribution in [0.15, 0.2) is 47.5 Å². The predicted molar refractivity (Wildman–Crippen MR) is 79.0 cm³/mol. The van der Waals surface area contributed by atoms with Gasteiger partial charge in [-0.05, 0) is 30.8 Å². The number of anilines is 1. The summed E-state index contributed by atoms with van der Waals surface area (Å²) in [5.74, 6) is 0. The minimum Gasteiger partial charge on any atom is -0.316 e. The van der Waals surface area contributed by atoms with E-state index in [-0.39, 0.29) is 10.6 Å². The number of benzene rings is 1. The highest BCUT2D eigenvalue weighted by atomic mass is 32.2. The van der Waals surface area contributed by atoms with E-state index in [0.717, 1.165) is 5.56 Å². The Morgan fingerprint density at radius 3 is 2.71 bits per heavy atom. The number of nitrogens with one attached hydrogen (secondary N) is 2. The van der Waals surface area contributed by atoms with E-state index in [1.165, 1.54) is 18.3 Å². The molecule has 0 bridgehead atoms. The molecule has 0 aliphatic rings. The van der Waals surface area contributed by atoms with Crippen LogP contribution in [0.25, 0.3) is 0 Å². The number of rotatable bonds is 5. The van der Waals surface area contributed by atoms with Gasteiger partial charge in [0.2, 0.25) is 0 Å². The lowest BCUT2D eigenvalue weighted by atomic mass is 10.2. The van der Waals surface area contributed by atoms with E-state index in [2.05, 4.69) is 15.0 Å². The lowest BCUT2D eigenvalue weighted by molar-refractivity contribution is 0.600. The minimum absolute atomic E-state index is 0.129. The Balaban J connectivity index is 2.41. The van der Waals surface area contributed by atoms with Crippen molar-refractivity contribution in [2.45, 2.75) is 11.4 Å². The SMILES string of the molecule is CNCc1ccccc1NS(=O)(=O)c1cccnc1C#N. The lowest BCUT2D eigenvalue weighted by Gasteiger charge is -2.12. The molecule has 0 radical (unpaired) electrons. The quantitative estimate of drug-likeness (QED) is 0.872. The van der Waals surface area contributed by atoms with E-state index in [4.69, 9.17) is 5.26 Å². The molecule has 1 heterocycles. The smallest absolute Gasteiger partial charge is 0.264 e. The maximum absolute atomic E-state index is 12.4. The summed E-state index contributed by atoms with van der Waals surface area (Å²) < 4.78 is 27.3. The summed E-state index contributed by atoms with van der Waals surface area (Å²) in [6.07, 6.45) is 1.38. The molecule has 2 rings (SSSR count). The number of hydrogen-bond acceptors (Lipinski definition) is 5. The highest BCUT2D eigenvalue weighted by Gasteiger charge is 2.20. The second-order valence-electron chi connectivity index (χ2n) is 4.25. The van der Waals surface area contributed by atoms with Gasteiger partial charge in [-0.15, -0.1) is 0 Å². The average molecular weight is 302 g/mol. The molecule has 0 atom stereocenters. The summed E-state index contributed by atoms with van der Waals surface area (Å²) in [6.45, 7) is 0.525. The van der Waals surface area contributed by atoms with Gasteiger partial charge in [-0.25, -0.2) is 13.4 Å². The third-order valence-corrected chi connectivity index (χ3v) is 4.19. The molecule has 2 aromatic rings. The predicted octanol–water partition coefficient (Wildman–Crippen LogP) is 1.47. The van der Waals surface area contributed by atoms with Crippen LogP contribution >= 0.6 is 0 Å². The molecule has 7 heteroatoms. The summed E-state index contributed by atoms with van der Waals surface area (Å²) in [5.41, 5.74) is 1.15. The molecular formula is C14H14N4O2S. The molecule has 108 valence electrons. The number of nitrogens with zero attached hydrogens (tertiary/aromatic N) is 2. The zero-order chi connectivity index (χ0) is 15.3. The first-order valence-corrected chi connectivity index (χ1v) is 7.67. The lowest BCUT2D eigenvalue weighted by Crippen LogP contribution is -2.17. The van der Waals surface area contributed by atoms with E-state index in [1.807, 2.05) is 12.1 Å². The first-order valence-electron chi connectivity index (χ1n) is 6.19. The number of hydrogen-bond donors (Lipinski definition) is 2. The molecule has 1 aromatic heterocycles. The largest absolute Gasteiger partial charge is 0.316 e. The van der Waals surface area contributed by atoms with Gasteiger partial charge in [-0.1, -0.05) is 18.2 Å². The maximum atomic E-state index is 12.4. The van der Waals surface area contributed by atoms with Crippen molar-refractivity contribution in [3.8, 4) is 6.07 Å². The van der Waals surface area contributed by atoms with Crippen molar-refractivity contribution in [1.29, 1.82) is 5.26 Å². The number of para-hydroxylation sites is 1. The Kier molecular flexibility index (Phi) is 4.52. The minimum atomic E-state index is -3.86. The maximum Gasteiger partial charge on any atom is 0.264 e. The van der Waals surface area contributed by atoms with Gasteiger partial charge in [0.1, 0.15) is 11.0 Å². The fraction of sp³-hybridized carbons (Fsp3) is 0.143. The number of pyridine rings is 1. The van der Waals surface area contributed by atoms with Gasteiger partial charge in [0.05, 0.1) is 5.69 Å². The first kappa shape index (κ1) is 15.0. The van der Waals surface area contributed by atoms with Crippen LogP contribution in [-0.4, -0.2) is 20.4 Å². The number of aromatic nitrogens is 1. The molecule has 21 heavy (non-hydrogen) atoms. The zero-order valence-electron chi connectivity index (χ0n) is 11.4. The molecular weight excluding hydrogens is 288 g/mol. The third-order valence-electron chi connectivity index (χ3n) is 2.80. The molecule has 0 aliphatic heterocycles. The highest BCUT2D eigenvalue weighted by Crippen LogP contribution is 2.21. The summed E-state index contributed by atoms with van der Waals surface area (Å²) in [5, 5.41) is 11.9. The fourth-order valence-electron chi connectivity index (χ4n) is 1.86. The first-order chi connectivity index (χ1) is 10.1. The van der Waals surface area contributed by atoms with E-state index in [9.17, 15) is 8.42 Å². The van der Waals surface area contributed by atoms with E-state index >= 15 is 0 Å². The van der Waals surface area contributed by atoms with Gasteiger partial charge in [-0.3, -0.25) is 4.72 Å². The van der Waals surface area contributed by atoms with Crippen LogP contribution < -0.4 is 10.0 Å². The molecule has 1 aromatic carbocycles. The van der Waals surface area contributed by atoms with Gasteiger partial charge in [-0.2, -0.15) is 5.26 Å². The van der Waals surface area contributed by atoms with Gasteiger partial charge in [0.15, 0.2) is 5.69 Å². The van der Waals surface area contributed by atoms with Crippen molar-refractivity contribution >= 4 is 15.7 Å². The van der Waals surface area contributed by atoms with E-state index < -0.39 is 10.0 Å². The van der Waals surface area contributed by atoms with Gasteiger partial charge < -0.3 is 5.32 Å². The number of nitriles is 1. The van der Waals surface area contributed by atoms with Gasteiger partial charge in [0.25, 0.3) is 10.0 Å². The van der Waals surface area contributed by atoms with Crippen molar-refractivity contribution in [2.24, 2.45) is 0 Å². The Morgan fingerprint density at radius 1 is 1.24 bits per heavy atom. The van der Waals surface area contributed by atoms with E-state index in [0.29, 0.717) is 12.2 Å².